The van der Waals surface area contributed by atoms with Crippen LogP contribution in [0.3, 0.4) is 0 Å². The van der Waals surface area contributed by atoms with Crippen molar-refractivity contribution < 1.29 is 23.9 Å². The van der Waals surface area contributed by atoms with E-state index in [9.17, 15) is 14.4 Å². The lowest BCUT2D eigenvalue weighted by atomic mass is 10.1. The maximum Gasteiger partial charge on any atom is 0.338 e. The molecule has 3 rings (SSSR count). The van der Waals surface area contributed by atoms with Crippen molar-refractivity contribution in [2.75, 3.05) is 18.1 Å². The summed E-state index contributed by atoms with van der Waals surface area (Å²) in [5.74, 6) is -0.904. The largest absolute Gasteiger partial charge is 0.494 e. The van der Waals surface area contributed by atoms with Gasteiger partial charge in [0.05, 0.1) is 30.0 Å². The fourth-order valence-electron chi connectivity index (χ4n) is 2.95. The summed E-state index contributed by atoms with van der Waals surface area (Å²) in [7, 11) is 0. The molecule has 2 aromatic carbocycles. The Morgan fingerprint density at radius 2 is 1.53 bits per heavy atom. The molecule has 156 valence electrons. The second-order valence-corrected chi connectivity index (χ2v) is 7.07. The van der Waals surface area contributed by atoms with Crippen molar-refractivity contribution >= 4 is 40.6 Å². The number of carbonyl (C=O) groups is 3. The topological polar surface area (TPSA) is 72.9 Å². The maximum atomic E-state index is 13.0. The fraction of sp³-hybridized carbons (Fsp3) is 0.261. The van der Waals surface area contributed by atoms with Gasteiger partial charge in [0.2, 0.25) is 0 Å². The molecule has 0 saturated heterocycles. The van der Waals surface area contributed by atoms with Gasteiger partial charge in [0.25, 0.3) is 11.8 Å². The lowest BCUT2D eigenvalue weighted by Gasteiger charge is -2.15. The van der Waals surface area contributed by atoms with E-state index in [4.69, 9.17) is 21.1 Å². The average Bonchev–Trinajstić information content (AvgIpc) is 2.99. The van der Waals surface area contributed by atoms with Crippen LogP contribution in [0.4, 0.5) is 5.69 Å². The predicted octanol–water partition coefficient (Wildman–Crippen LogP) is 4.57. The molecular weight excluding hydrogens is 406 g/mol. The zero-order valence-corrected chi connectivity index (χ0v) is 17.6. The Hall–Kier alpha value is -3.12. The van der Waals surface area contributed by atoms with Crippen molar-refractivity contribution in [3.63, 3.8) is 0 Å². The highest BCUT2D eigenvalue weighted by Gasteiger charge is 2.39. The van der Waals surface area contributed by atoms with Gasteiger partial charge in [-0.1, -0.05) is 37.6 Å². The van der Waals surface area contributed by atoms with Gasteiger partial charge in [-0.3, -0.25) is 9.59 Å². The summed E-state index contributed by atoms with van der Waals surface area (Å²) in [5, 5.41) is -0.145. The van der Waals surface area contributed by atoms with Gasteiger partial charge in [-0.2, -0.15) is 0 Å². The second kappa shape index (κ2) is 9.59. The van der Waals surface area contributed by atoms with Crippen LogP contribution in [0.25, 0.3) is 5.57 Å². The molecule has 0 N–H and O–H groups in total. The Kier molecular flexibility index (Phi) is 6.90. The molecule has 1 aliphatic heterocycles. The first kappa shape index (κ1) is 21.6. The van der Waals surface area contributed by atoms with E-state index < -0.39 is 17.8 Å². The van der Waals surface area contributed by atoms with Gasteiger partial charge in [-0.05, 0) is 54.8 Å². The standard InChI is InChI=1S/C23H22ClNO5/c1-3-13-29-18-11-7-15(8-12-18)19-20(24)22(27)25(21(19)26)17-9-5-16(6-10-17)23(28)30-14-4-2/h5-12H,3-4,13-14H2,1-2H3. The van der Waals surface area contributed by atoms with E-state index in [1.165, 1.54) is 24.3 Å². The number of ether oxygens (including phenoxy) is 2. The van der Waals surface area contributed by atoms with E-state index >= 15 is 0 Å². The third-order valence-corrected chi connectivity index (χ3v) is 4.79. The van der Waals surface area contributed by atoms with Crippen LogP contribution in [0.5, 0.6) is 5.75 Å². The Morgan fingerprint density at radius 1 is 0.900 bits per heavy atom. The van der Waals surface area contributed by atoms with Crippen LogP contribution in [-0.2, 0) is 14.3 Å². The Bertz CT molecular complexity index is 980. The summed E-state index contributed by atoms with van der Waals surface area (Å²) in [6.45, 7) is 4.84. The smallest absolute Gasteiger partial charge is 0.338 e. The van der Waals surface area contributed by atoms with Gasteiger partial charge in [-0.15, -0.1) is 0 Å². The van der Waals surface area contributed by atoms with Crippen LogP contribution in [0.15, 0.2) is 53.6 Å². The molecule has 0 bridgehead atoms. The first-order valence-corrected chi connectivity index (χ1v) is 10.1. The molecule has 7 heteroatoms. The minimum absolute atomic E-state index is 0.134. The number of esters is 1. The summed E-state index contributed by atoms with van der Waals surface area (Å²) in [6.07, 6.45) is 1.61. The SMILES string of the molecule is CCCOC(=O)c1ccc(N2C(=O)C(Cl)=C(c3ccc(OCCC)cc3)C2=O)cc1. The zero-order valence-electron chi connectivity index (χ0n) is 16.8. The van der Waals surface area contributed by atoms with Gasteiger partial charge in [0.1, 0.15) is 10.8 Å². The second-order valence-electron chi connectivity index (χ2n) is 6.69. The zero-order chi connectivity index (χ0) is 21.7. The summed E-state index contributed by atoms with van der Waals surface area (Å²) in [6, 6.07) is 12.9. The molecule has 0 atom stereocenters. The van der Waals surface area contributed by atoms with E-state index in [1.807, 2.05) is 13.8 Å². The van der Waals surface area contributed by atoms with Crippen molar-refractivity contribution in [1.29, 1.82) is 0 Å². The number of imide groups is 1. The molecule has 30 heavy (non-hydrogen) atoms. The molecule has 0 radical (unpaired) electrons. The highest BCUT2D eigenvalue weighted by molar-refractivity contribution is 6.60. The molecule has 0 aliphatic carbocycles. The Labute approximate surface area is 180 Å². The van der Waals surface area contributed by atoms with E-state index in [0.29, 0.717) is 35.8 Å². The van der Waals surface area contributed by atoms with Crippen molar-refractivity contribution in [3.8, 4) is 5.75 Å². The molecule has 0 spiro atoms. The third-order valence-electron chi connectivity index (χ3n) is 4.44. The predicted molar refractivity (Wildman–Crippen MR) is 115 cm³/mol. The van der Waals surface area contributed by atoms with Crippen LogP contribution >= 0.6 is 11.6 Å². The molecule has 0 fully saturated rings. The van der Waals surface area contributed by atoms with Crippen molar-refractivity contribution in [3.05, 3.63) is 64.7 Å². The number of rotatable bonds is 8. The van der Waals surface area contributed by atoms with E-state index in [1.54, 1.807) is 24.3 Å². The number of halogens is 1. The van der Waals surface area contributed by atoms with Gasteiger partial charge >= 0.3 is 5.97 Å². The van der Waals surface area contributed by atoms with Gasteiger partial charge in [-0.25, -0.2) is 9.69 Å². The van der Waals surface area contributed by atoms with Gasteiger partial charge in [0.15, 0.2) is 0 Å². The molecular formula is C23H22ClNO5. The van der Waals surface area contributed by atoms with Crippen LogP contribution in [-0.4, -0.2) is 31.0 Å². The molecule has 0 unspecified atom stereocenters. The van der Waals surface area contributed by atoms with E-state index in [-0.39, 0.29) is 10.6 Å². The number of benzene rings is 2. The van der Waals surface area contributed by atoms with E-state index in [2.05, 4.69) is 0 Å². The first-order chi connectivity index (χ1) is 14.5. The highest BCUT2D eigenvalue weighted by atomic mass is 35.5. The molecule has 0 aromatic heterocycles. The lowest BCUT2D eigenvalue weighted by molar-refractivity contribution is -0.119. The molecule has 1 heterocycles. The number of hydrogen-bond acceptors (Lipinski definition) is 5. The van der Waals surface area contributed by atoms with Gasteiger partial charge in [0, 0.05) is 0 Å². The van der Waals surface area contributed by atoms with Crippen molar-refractivity contribution in [2.45, 2.75) is 26.7 Å². The monoisotopic (exact) mass is 427 g/mol. The van der Waals surface area contributed by atoms with Crippen LogP contribution in [0.1, 0.15) is 42.6 Å². The molecule has 6 nitrogen and oxygen atoms in total. The minimum Gasteiger partial charge on any atom is -0.494 e. The van der Waals surface area contributed by atoms with Crippen molar-refractivity contribution in [2.24, 2.45) is 0 Å². The maximum absolute atomic E-state index is 13.0. The number of nitrogens with zero attached hydrogens (tertiary/aromatic N) is 1. The lowest BCUT2D eigenvalue weighted by Crippen LogP contribution is -2.31. The molecule has 2 amide bonds. The summed E-state index contributed by atoms with van der Waals surface area (Å²) < 4.78 is 10.6. The van der Waals surface area contributed by atoms with Crippen LogP contribution < -0.4 is 9.64 Å². The molecule has 0 saturated carbocycles. The van der Waals surface area contributed by atoms with Gasteiger partial charge < -0.3 is 9.47 Å². The molecule has 2 aromatic rings. The quantitative estimate of drug-likeness (QED) is 0.456. The normalized spacial score (nSPS) is 13.8. The Balaban J connectivity index is 1.80. The number of anilines is 1. The van der Waals surface area contributed by atoms with E-state index in [0.717, 1.165) is 17.7 Å². The van der Waals surface area contributed by atoms with Crippen molar-refractivity contribution in [1.82, 2.24) is 0 Å². The molecule has 1 aliphatic rings. The number of amides is 2. The highest BCUT2D eigenvalue weighted by Crippen LogP contribution is 2.35. The summed E-state index contributed by atoms with van der Waals surface area (Å²) in [4.78, 5) is 38.6. The average molecular weight is 428 g/mol. The first-order valence-electron chi connectivity index (χ1n) is 9.76. The summed E-state index contributed by atoms with van der Waals surface area (Å²) in [5.41, 5.74) is 1.33. The number of carbonyl (C=O) groups excluding carboxylic acids is 3. The Morgan fingerprint density at radius 3 is 2.13 bits per heavy atom. The third kappa shape index (κ3) is 4.39. The van der Waals surface area contributed by atoms with Crippen LogP contribution in [0.2, 0.25) is 0 Å². The number of hydrogen-bond donors (Lipinski definition) is 0. The minimum atomic E-state index is -0.607. The fourth-order valence-corrected chi connectivity index (χ4v) is 3.22. The summed E-state index contributed by atoms with van der Waals surface area (Å²) >= 11 is 6.23. The van der Waals surface area contributed by atoms with Crippen LogP contribution in [0, 0.1) is 0 Å².